The van der Waals surface area contributed by atoms with Crippen LogP contribution in [0.15, 0.2) is 17.1 Å². The van der Waals surface area contributed by atoms with Gasteiger partial charge in [-0.1, -0.05) is 13.8 Å². The van der Waals surface area contributed by atoms with Gasteiger partial charge >= 0.3 is 5.97 Å². The van der Waals surface area contributed by atoms with Crippen LogP contribution in [-0.2, 0) is 11.3 Å². The van der Waals surface area contributed by atoms with Crippen LogP contribution in [0.4, 0.5) is 0 Å². The Kier molecular flexibility index (Phi) is 7.74. The molecule has 1 fully saturated rings. The molecule has 0 unspecified atom stereocenters. The molecule has 7 heteroatoms. The fraction of sp³-hybridized carbons (Fsp3) is 0.562. The number of carbonyl (C=O) groups is 1. The van der Waals surface area contributed by atoms with E-state index in [-0.39, 0.29) is 29.9 Å². The van der Waals surface area contributed by atoms with Gasteiger partial charge in [0.15, 0.2) is 5.96 Å². The Morgan fingerprint density at radius 3 is 2.74 bits per heavy atom. The van der Waals surface area contributed by atoms with Crippen LogP contribution < -0.4 is 11.1 Å². The zero-order valence-corrected chi connectivity index (χ0v) is 16.2. The highest BCUT2D eigenvalue weighted by atomic mass is 127. The monoisotopic (exact) mass is 432 g/mol. The topological polar surface area (TPSA) is 89.6 Å². The van der Waals surface area contributed by atoms with E-state index in [1.165, 1.54) is 7.11 Å². The predicted octanol–water partition coefficient (Wildman–Crippen LogP) is 2.42. The van der Waals surface area contributed by atoms with Gasteiger partial charge in [-0.2, -0.15) is 0 Å². The Balaban J connectivity index is 0.00000264. The van der Waals surface area contributed by atoms with E-state index in [2.05, 4.69) is 29.1 Å². The molecule has 1 aromatic rings. The van der Waals surface area contributed by atoms with E-state index >= 15 is 0 Å². The molecule has 1 heterocycles. The molecule has 3 N–H and O–H groups in total. The quantitative estimate of drug-likeness (QED) is 0.312. The van der Waals surface area contributed by atoms with Gasteiger partial charge in [0.2, 0.25) is 0 Å². The fourth-order valence-electron chi connectivity index (χ4n) is 2.09. The van der Waals surface area contributed by atoms with E-state index in [1.807, 2.05) is 0 Å². The number of nitrogens with one attached hydrogen (secondary N) is 1. The van der Waals surface area contributed by atoms with Crippen molar-refractivity contribution in [3.8, 4) is 0 Å². The number of hydrogen-bond donors (Lipinski definition) is 2. The molecule has 0 amide bonds. The minimum absolute atomic E-state index is 0. The summed E-state index contributed by atoms with van der Waals surface area (Å²) in [6, 6.07) is 3.58. The molecule has 0 bridgehead atoms. The lowest BCUT2D eigenvalue weighted by Crippen LogP contribution is -2.34. The van der Waals surface area contributed by atoms with Gasteiger partial charge in [0, 0.05) is 12.5 Å². The lowest BCUT2D eigenvalue weighted by atomic mass is 10.1. The second-order valence-corrected chi connectivity index (χ2v) is 5.98. The van der Waals surface area contributed by atoms with Crippen molar-refractivity contribution >= 4 is 35.9 Å². The molecule has 23 heavy (non-hydrogen) atoms. The molecule has 1 aliphatic rings. The van der Waals surface area contributed by atoms with Crippen LogP contribution in [0, 0.1) is 5.92 Å². The SMILES string of the molecule is COC(=O)c1ccc(CN=C(N)NCC(C)C)nc1C1CC1.I. The minimum Gasteiger partial charge on any atom is -0.465 e. The first-order valence-electron chi connectivity index (χ1n) is 7.63. The third-order valence-electron chi connectivity index (χ3n) is 3.45. The number of methoxy groups -OCH3 is 1. The van der Waals surface area contributed by atoms with Crippen molar-refractivity contribution in [3.05, 3.63) is 29.1 Å². The fourth-order valence-corrected chi connectivity index (χ4v) is 2.09. The van der Waals surface area contributed by atoms with Crippen LogP contribution in [0.5, 0.6) is 0 Å². The van der Waals surface area contributed by atoms with Gasteiger partial charge in [-0.15, -0.1) is 24.0 Å². The number of pyridine rings is 1. The summed E-state index contributed by atoms with van der Waals surface area (Å²) in [5.41, 5.74) is 8.01. The molecule has 0 spiro atoms. The molecule has 0 aromatic carbocycles. The Hall–Kier alpha value is -1.38. The highest BCUT2D eigenvalue weighted by molar-refractivity contribution is 14.0. The van der Waals surface area contributed by atoms with Gasteiger partial charge in [0.1, 0.15) is 0 Å². The molecular weight excluding hydrogens is 407 g/mol. The third-order valence-corrected chi connectivity index (χ3v) is 3.45. The Morgan fingerprint density at radius 1 is 1.48 bits per heavy atom. The first kappa shape index (κ1) is 19.7. The summed E-state index contributed by atoms with van der Waals surface area (Å²) in [4.78, 5) is 20.6. The maximum Gasteiger partial charge on any atom is 0.339 e. The summed E-state index contributed by atoms with van der Waals surface area (Å²) in [6.45, 7) is 5.40. The van der Waals surface area contributed by atoms with Crippen LogP contribution in [0.1, 0.15) is 54.4 Å². The van der Waals surface area contributed by atoms with Crippen molar-refractivity contribution in [1.29, 1.82) is 0 Å². The molecule has 0 aliphatic heterocycles. The molecular formula is C16H25IN4O2. The number of nitrogens with zero attached hydrogens (tertiary/aromatic N) is 2. The summed E-state index contributed by atoms with van der Waals surface area (Å²) in [6.07, 6.45) is 2.14. The standard InChI is InChI=1S/C16H24N4O2.HI/c1-10(2)8-18-16(17)19-9-12-6-7-13(15(21)22-3)14(20-12)11-4-5-11;/h6-7,10-11H,4-5,8-9H2,1-3H3,(H3,17,18,19);1H. The maximum atomic E-state index is 11.8. The number of hydrogen-bond acceptors (Lipinski definition) is 4. The molecule has 128 valence electrons. The second-order valence-electron chi connectivity index (χ2n) is 5.98. The number of halogens is 1. The van der Waals surface area contributed by atoms with E-state index < -0.39 is 0 Å². The largest absolute Gasteiger partial charge is 0.465 e. The third kappa shape index (κ3) is 5.96. The van der Waals surface area contributed by atoms with Gasteiger partial charge in [0.25, 0.3) is 0 Å². The number of ether oxygens (including phenoxy) is 1. The molecule has 0 radical (unpaired) electrons. The van der Waals surface area contributed by atoms with Crippen molar-refractivity contribution < 1.29 is 9.53 Å². The number of aromatic nitrogens is 1. The van der Waals surface area contributed by atoms with Crippen LogP contribution in [0.25, 0.3) is 0 Å². The zero-order valence-electron chi connectivity index (χ0n) is 13.8. The van der Waals surface area contributed by atoms with E-state index in [9.17, 15) is 4.79 Å². The molecule has 1 aliphatic carbocycles. The average Bonchev–Trinajstić information content (AvgIpc) is 3.34. The minimum atomic E-state index is -0.331. The van der Waals surface area contributed by atoms with Gasteiger partial charge in [-0.3, -0.25) is 4.98 Å². The van der Waals surface area contributed by atoms with Gasteiger partial charge in [-0.25, -0.2) is 9.79 Å². The van der Waals surface area contributed by atoms with E-state index in [1.54, 1.807) is 12.1 Å². The lowest BCUT2D eigenvalue weighted by Gasteiger charge is -2.09. The molecule has 1 aromatic heterocycles. The summed E-state index contributed by atoms with van der Waals surface area (Å²) in [5, 5.41) is 3.07. The van der Waals surface area contributed by atoms with E-state index in [4.69, 9.17) is 10.5 Å². The molecule has 0 atom stereocenters. The first-order valence-corrected chi connectivity index (χ1v) is 7.63. The molecule has 2 rings (SSSR count). The van der Waals surface area contributed by atoms with Crippen LogP contribution in [-0.4, -0.2) is 30.6 Å². The van der Waals surface area contributed by atoms with Crippen molar-refractivity contribution in [2.75, 3.05) is 13.7 Å². The van der Waals surface area contributed by atoms with Crippen LogP contribution in [0.2, 0.25) is 0 Å². The molecule has 0 saturated heterocycles. The Morgan fingerprint density at radius 2 is 2.17 bits per heavy atom. The number of carbonyl (C=O) groups excluding carboxylic acids is 1. The zero-order chi connectivity index (χ0) is 16.1. The highest BCUT2D eigenvalue weighted by Crippen LogP contribution is 2.40. The number of esters is 1. The van der Waals surface area contributed by atoms with E-state index in [0.717, 1.165) is 30.8 Å². The maximum absolute atomic E-state index is 11.8. The summed E-state index contributed by atoms with van der Waals surface area (Å²) < 4.78 is 4.81. The highest BCUT2D eigenvalue weighted by Gasteiger charge is 2.30. The first-order chi connectivity index (χ1) is 10.5. The van der Waals surface area contributed by atoms with Gasteiger partial charge < -0.3 is 15.8 Å². The molecule has 1 saturated carbocycles. The van der Waals surface area contributed by atoms with Crippen molar-refractivity contribution in [2.24, 2.45) is 16.6 Å². The Labute approximate surface area is 154 Å². The normalized spacial score (nSPS) is 14.3. The number of aliphatic imine (C=N–C) groups is 1. The van der Waals surface area contributed by atoms with E-state index in [0.29, 0.717) is 29.9 Å². The summed E-state index contributed by atoms with van der Waals surface area (Å²) in [7, 11) is 1.39. The van der Waals surface area contributed by atoms with Crippen molar-refractivity contribution in [1.82, 2.24) is 10.3 Å². The smallest absolute Gasteiger partial charge is 0.339 e. The van der Waals surface area contributed by atoms with Crippen molar-refractivity contribution in [3.63, 3.8) is 0 Å². The van der Waals surface area contributed by atoms with Crippen LogP contribution >= 0.6 is 24.0 Å². The van der Waals surface area contributed by atoms with Gasteiger partial charge in [-0.05, 0) is 30.9 Å². The number of nitrogens with two attached hydrogens (primary N) is 1. The summed E-state index contributed by atoms with van der Waals surface area (Å²) in [5.74, 6) is 0.963. The average molecular weight is 432 g/mol. The van der Waals surface area contributed by atoms with Crippen LogP contribution in [0.3, 0.4) is 0 Å². The Bertz CT molecular complexity index is 571. The number of rotatable bonds is 6. The lowest BCUT2D eigenvalue weighted by molar-refractivity contribution is 0.0598. The summed E-state index contributed by atoms with van der Waals surface area (Å²) >= 11 is 0. The van der Waals surface area contributed by atoms with Crippen molar-refractivity contribution in [2.45, 2.75) is 39.2 Å². The molecule has 6 nitrogen and oxygen atoms in total. The predicted molar refractivity (Wildman–Crippen MR) is 101 cm³/mol. The van der Waals surface area contributed by atoms with Gasteiger partial charge in [0.05, 0.1) is 30.6 Å². The number of guanidine groups is 1. The second kappa shape index (κ2) is 9.05.